The van der Waals surface area contributed by atoms with Gasteiger partial charge in [-0.3, -0.25) is 0 Å². The van der Waals surface area contributed by atoms with Crippen molar-refractivity contribution < 1.29 is 9.90 Å². The van der Waals surface area contributed by atoms with Crippen molar-refractivity contribution in [3.63, 3.8) is 0 Å². The molecule has 0 atom stereocenters. The molecule has 0 fully saturated rings. The van der Waals surface area contributed by atoms with E-state index in [0.717, 1.165) is 17.7 Å². The Labute approximate surface area is 146 Å². The van der Waals surface area contributed by atoms with Crippen LogP contribution in [0.25, 0.3) is 10.8 Å². The molecule has 0 aliphatic carbocycles. The van der Waals surface area contributed by atoms with Gasteiger partial charge in [0.05, 0.1) is 5.70 Å². The number of allylic oxidation sites excluding steroid dienone is 4. The maximum atomic E-state index is 11.8. The number of carbonyl (C=O) groups is 1. The van der Waals surface area contributed by atoms with E-state index >= 15 is 0 Å². The van der Waals surface area contributed by atoms with E-state index in [1.165, 1.54) is 10.8 Å². The fourth-order valence-corrected chi connectivity index (χ4v) is 3.27. The Morgan fingerprint density at radius 2 is 1.96 bits per heavy atom. The minimum Gasteiger partial charge on any atom is -0.476 e. The Hall–Kier alpha value is -3.27. The number of aliphatic carboxylic acids is 1. The molecular weight excluding hydrogens is 312 g/mol. The highest BCUT2D eigenvalue weighted by Gasteiger charge is 2.25. The van der Waals surface area contributed by atoms with Gasteiger partial charge in [-0.1, -0.05) is 54.6 Å². The number of benzene rings is 2. The Bertz CT molecular complexity index is 962. The summed E-state index contributed by atoms with van der Waals surface area (Å²) in [6, 6.07) is 14.4. The number of fused-ring (bicyclic) bond motifs is 2. The van der Waals surface area contributed by atoms with Crippen LogP contribution in [0.15, 0.2) is 90.1 Å². The number of rotatable bonds is 4. The molecule has 2 aliphatic heterocycles. The van der Waals surface area contributed by atoms with Crippen LogP contribution in [0.1, 0.15) is 12.0 Å². The van der Waals surface area contributed by atoms with Crippen molar-refractivity contribution in [3.8, 4) is 0 Å². The van der Waals surface area contributed by atoms with Gasteiger partial charge in [0, 0.05) is 18.4 Å². The average molecular weight is 330 g/mol. The summed E-state index contributed by atoms with van der Waals surface area (Å²) in [4.78, 5) is 13.5. The molecule has 0 radical (unpaired) electrons. The monoisotopic (exact) mass is 330 g/mol. The average Bonchev–Trinajstić information content (AvgIpc) is 2.65. The molecule has 2 N–H and O–H groups in total. The summed E-state index contributed by atoms with van der Waals surface area (Å²) in [6.45, 7) is 0.564. The van der Waals surface area contributed by atoms with Gasteiger partial charge in [0.15, 0.2) is 5.70 Å². The van der Waals surface area contributed by atoms with E-state index in [9.17, 15) is 9.90 Å². The van der Waals surface area contributed by atoms with Crippen molar-refractivity contribution in [1.29, 1.82) is 0 Å². The number of hydrogen-bond donors (Lipinski definition) is 2. The van der Waals surface area contributed by atoms with E-state index in [2.05, 4.69) is 29.6 Å². The van der Waals surface area contributed by atoms with Gasteiger partial charge in [-0.25, -0.2) is 4.79 Å². The fourth-order valence-electron chi connectivity index (χ4n) is 3.27. The number of nitrogens with one attached hydrogen (secondary N) is 1. The Morgan fingerprint density at radius 3 is 2.84 bits per heavy atom. The van der Waals surface area contributed by atoms with Crippen LogP contribution in [0, 0.1) is 0 Å². The highest BCUT2D eigenvalue weighted by molar-refractivity contribution is 5.89. The molecule has 4 nitrogen and oxygen atoms in total. The highest BCUT2D eigenvalue weighted by Crippen LogP contribution is 2.27. The van der Waals surface area contributed by atoms with Crippen molar-refractivity contribution in [3.05, 3.63) is 95.6 Å². The van der Waals surface area contributed by atoms with E-state index in [1.54, 1.807) is 4.90 Å². The number of carboxylic acids is 1. The maximum Gasteiger partial charge on any atom is 0.355 e. The van der Waals surface area contributed by atoms with Crippen LogP contribution >= 0.6 is 0 Å². The first-order chi connectivity index (χ1) is 12.2. The predicted octanol–water partition coefficient (Wildman–Crippen LogP) is 3.90. The van der Waals surface area contributed by atoms with E-state index in [-0.39, 0.29) is 5.70 Å². The van der Waals surface area contributed by atoms with Gasteiger partial charge >= 0.3 is 5.97 Å². The summed E-state index contributed by atoms with van der Waals surface area (Å²) >= 11 is 0. The minimum atomic E-state index is -0.942. The van der Waals surface area contributed by atoms with Crippen LogP contribution in [0.3, 0.4) is 0 Å². The van der Waals surface area contributed by atoms with Gasteiger partial charge < -0.3 is 15.3 Å². The number of hydrogen-bond acceptors (Lipinski definition) is 3. The van der Waals surface area contributed by atoms with Gasteiger partial charge in [-0.15, -0.1) is 0 Å². The zero-order valence-electron chi connectivity index (χ0n) is 13.6. The Kier molecular flexibility index (Phi) is 3.86. The van der Waals surface area contributed by atoms with Gasteiger partial charge in [-0.05, 0) is 34.9 Å². The van der Waals surface area contributed by atoms with Crippen LogP contribution in [-0.2, 0) is 11.3 Å². The van der Waals surface area contributed by atoms with Crippen molar-refractivity contribution in [2.45, 2.75) is 13.0 Å². The smallest absolute Gasteiger partial charge is 0.355 e. The van der Waals surface area contributed by atoms with Gasteiger partial charge in [-0.2, -0.15) is 0 Å². The van der Waals surface area contributed by atoms with E-state index in [4.69, 9.17) is 0 Å². The molecule has 2 heterocycles. The van der Waals surface area contributed by atoms with Gasteiger partial charge in [0.2, 0.25) is 0 Å². The first-order valence-corrected chi connectivity index (χ1v) is 8.26. The van der Waals surface area contributed by atoms with Crippen LogP contribution in [0.2, 0.25) is 0 Å². The van der Waals surface area contributed by atoms with Crippen molar-refractivity contribution >= 4 is 16.7 Å². The second-order valence-electron chi connectivity index (χ2n) is 6.01. The SMILES string of the molecule is O=C(O)C1=C(NCc2cccc3ccccc23)C=CC2=CCC=CN21. The largest absolute Gasteiger partial charge is 0.476 e. The fraction of sp³-hybridized carbons (Fsp3) is 0.0952. The maximum absolute atomic E-state index is 11.8. The lowest BCUT2D eigenvalue weighted by Gasteiger charge is -2.29. The van der Waals surface area contributed by atoms with Crippen LogP contribution < -0.4 is 5.32 Å². The zero-order chi connectivity index (χ0) is 17.2. The van der Waals surface area contributed by atoms with Crippen LogP contribution in [0.5, 0.6) is 0 Å². The molecule has 2 aliphatic rings. The lowest BCUT2D eigenvalue weighted by molar-refractivity contribution is -0.134. The molecule has 0 bridgehead atoms. The van der Waals surface area contributed by atoms with Crippen molar-refractivity contribution in [1.82, 2.24) is 10.2 Å². The predicted molar refractivity (Wildman–Crippen MR) is 98.3 cm³/mol. The summed E-state index contributed by atoms with van der Waals surface area (Å²) in [7, 11) is 0. The first-order valence-electron chi connectivity index (χ1n) is 8.26. The molecule has 0 unspecified atom stereocenters. The van der Waals surface area contributed by atoms with E-state index in [0.29, 0.717) is 12.2 Å². The van der Waals surface area contributed by atoms with Crippen LogP contribution in [-0.4, -0.2) is 16.0 Å². The third-order valence-electron chi connectivity index (χ3n) is 4.46. The topological polar surface area (TPSA) is 52.6 Å². The van der Waals surface area contributed by atoms with E-state index in [1.807, 2.05) is 48.7 Å². The molecule has 25 heavy (non-hydrogen) atoms. The number of carboxylic acid groups (broad SMARTS) is 1. The van der Waals surface area contributed by atoms with Gasteiger partial charge in [0.25, 0.3) is 0 Å². The first kappa shape index (κ1) is 15.3. The summed E-state index contributed by atoms with van der Waals surface area (Å²) in [5, 5.41) is 15.3. The molecular formula is C21H18N2O2. The van der Waals surface area contributed by atoms with E-state index < -0.39 is 5.97 Å². The van der Waals surface area contributed by atoms with Crippen molar-refractivity contribution in [2.24, 2.45) is 0 Å². The number of nitrogens with zero attached hydrogens (tertiary/aromatic N) is 1. The summed E-state index contributed by atoms with van der Waals surface area (Å²) in [5.41, 5.74) is 2.91. The molecule has 2 aromatic rings. The summed E-state index contributed by atoms with van der Waals surface area (Å²) in [6.07, 6.45) is 10.4. The second-order valence-corrected chi connectivity index (χ2v) is 6.01. The lowest BCUT2D eigenvalue weighted by Crippen LogP contribution is -2.30. The lowest BCUT2D eigenvalue weighted by atomic mass is 10.0. The van der Waals surface area contributed by atoms with Crippen LogP contribution in [0.4, 0.5) is 0 Å². The minimum absolute atomic E-state index is 0.255. The molecule has 0 saturated heterocycles. The van der Waals surface area contributed by atoms with Crippen molar-refractivity contribution in [2.75, 3.05) is 0 Å². The molecule has 2 aromatic carbocycles. The zero-order valence-corrected chi connectivity index (χ0v) is 13.6. The molecule has 0 spiro atoms. The van der Waals surface area contributed by atoms with Gasteiger partial charge in [0.1, 0.15) is 0 Å². The normalized spacial score (nSPS) is 16.0. The third-order valence-corrected chi connectivity index (χ3v) is 4.46. The highest BCUT2D eigenvalue weighted by atomic mass is 16.4. The summed E-state index contributed by atoms with van der Waals surface area (Å²) in [5.74, 6) is -0.942. The Balaban J connectivity index is 1.66. The second kappa shape index (κ2) is 6.32. The molecule has 4 rings (SSSR count). The third kappa shape index (κ3) is 2.83. The quantitative estimate of drug-likeness (QED) is 0.893. The molecule has 0 saturated carbocycles. The molecule has 124 valence electrons. The Morgan fingerprint density at radius 1 is 1.12 bits per heavy atom. The molecule has 0 amide bonds. The standard InChI is InChI=1S/C21H18N2O2/c24-21(25)20-19(12-11-17-9-3-4-13-23(17)20)22-14-16-8-5-7-15-6-1-2-10-18(15)16/h1-2,4-13,22H,3,14H2,(H,24,25). The molecule has 4 heteroatoms. The summed E-state index contributed by atoms with van der Waals surface area (Å²) < 4.78 is 0. The molecule has 0 aromatic heterocycles.